The van der Waals surface area contributed by atoms with Gasteiger partial charge in [-0.1, -0.05) is 23.9 Å². The van der Waals surface area contributed by atoms with Gasteiger partial charge in [0.25, 0.3) is 0 Å². The van der Waals surface area contributed by atoms with Crippen molar-refractivity contribution in [2.75, 3.05) is 18.8 Å². The zero-order chi connectivity index (χ0) is 7.94. The summed E-state index contributed by atoms with van der Waals surface area (Å²) in [5.74, 6) is 1.05. The Morgan fingerprint density at radius 1 is 1.36 bits per heavy atom. The average Bonchev–Trinajstić information content (AvgIpc) is 2.57. The highest BCUT2D eigenvalue weighted by molar-refractivity contribution is 8.14. The monoisotopic (exact) mass is 171 g/mol. The molecule has 1 N–H and O–H groups in total. The van der Waals surface area contributed by atoms with E-state index < -0.39 is 0 Å². The lowest BCUT2D eigenvalue weighted by Gasteiger charge is -1.77. The summed E-state index contributed by atoms with van der Waals surface area (Å²) in [6, 6.07) is 0. The van der Waals surface area contributed by atoms with Crippen molar-refractivity contribution in [2.24, 2.45) is 0 Å². The molecule has 0 amide bonds. The Morgan fingerprint density at radius 3 is 2.27 bits per heavy atom. The molecule has 0 aromatic rings. The molecule has 2 heterocycles. The van der Waals surface area contributed by atoms with Crippen LogP contribution in [0.5, 0.6) is 0 Å². The molecule has 1 saturated heterocycles. The van der Waals surface area contributed by atoms with Crippen LogP contribution in [-0.4, -0.2) is 24.0 Å². The summed E-state index contributed by atoms with van der Waals surface area (Å²) in [5.41, 5.74) is 0. The summed E-state index contributed by atoms with van der Waals surface area (Å²) < 4.78 is 0. The lowest BCUT2D eigenvalue weighted by molar-refractivity contribution is -0.110. The normalized spacial score (nSPS) is 21.6. The van der Waals surface area contributed by atoms with Crippen LogP contribution in [0.4, 0.5) is 0 Å². The lowest BCUT2D eigenvalue weighted by Crippen LogP contribution is -2.04. The minimum Gasteiger partial charge on any atom is -0.310 e. The van der Waals surface area contributed by atoms with E-state index in [9.17, 15) is 4.79 Å². The van der Waals surface area contributed by atoms with Gasteiger partial charge in [0.2, 0.25) is 0 Å². The van der Waals surface area contributed by atoms with Gasteiger partial charge in [0.05, 0.1) is 0 Å². The van der Waals surface area contributed by atoms with Crippen LogP contribution in [0.3, 0.4) is 0 Å². The van der Waals surface area contributed by atoms with Crippen LogP contribution in [0.2, 0.25) is 0 Å². The third kappa shape index (κ3) is 4.22. The highest BCUT2D eigenvalue weighted by Gasteiger charge is 2.08. The Labute approximate surface area is 71.4 Å². The minimum absolute atomic E-state index is 0.370. The second kappa shape index (κ2) is 5.38. The molecule has 0 atom stereocenters. The topological polar surface area (TPSA) is 29.1 Å². The maximum Gasteiger partial charge on any atom is 0.188 e. The van der Waals surface area contributed by atoms with E-state index in [0.717, 1.165) is 31.7 Å². The van der Waals surface area contributed by atoms with Gasteiger partial charge >= 0.3 is 0 Å². The molecule has 0 unspecified atom stereocenters. The predicted molar refractivity (Wildman–Crippen MR) is 48.7 cm³/mol. The van der Waals surface area contributed by atoms with Crippen molar-refractivity contribution in [1.29, 1.82) is 0 Å². The van der Waals surface area contributed by atoms with Crippen molar-refractivity contribution in [1.82, 2.24) is 5.32 Å². The van der Waals surface area contributed by atoms with Gasteiger partial charge in [-0.15, -0.1) is 0 Å². The Kier molecular flexibility index (Phi) is 4.31. The van der Waals surface area contributed by atoms with Crippen molar-refractivity contribution in [2.45, 2.75) is 12.8 Å². The number of thioether (sulfide) groups is 1. The largest absolute Gasteiger partial charge is 0.310 e. The second-order valence-electron chi connectivity index (χ2n) is 2.45. The highest BCUT2D eigenvalue weighted by Crippen LogP contribution is 2.17. The van der Waals surface area contributed by atoms with E-state index in [-0.39, 0.29) is 0 Å². The third-order valence-corrected chi connectivity index (χ3v) is 2.50. The maximum atomic E-state index is 10.2. The molecule has 2 aliphatic rings. The molecule has 0 aromatic carbocycles. The summed E-state index contributed by atoms with van der Waals surface area (Å²) in [6.07, 6.45) is 6.16. The van der Waals surface area contributed by atoms with Gasteiger partial charge in [-0.3, -0.25) is 4.79 Å². The molecule has 2 aliphatic heterocycles. The van der Waals surface area contributed by atoms with Crippen LogP contribution in [0.25, 0.3) is 0 Å². The van der Waals surface area contributed by atoms with E-state index in [4.69, 9.17) is 0 Å². The molecule has 1 fully saturated rings. The Hall–Kier alpha value is -0.280. The molecule has 62 valence electrons. The zero-order valence-electron chi connectivity index (χ0n) is 6.51. The van der Waals surface area contributed by atoms with Gasteiger partial charge in [-0.25, -0.2) is 0 Å². The van der Waals surface area contributed by atoms with Crippen LogP contribution in [0.15, 0.2) is 12.2 Å². The van der Waals surface area contributed by atoms with E-state index >= 15 is 0 Å². The standard InChI is InChI=1S/C4H7N.C4H6OS/c1-2-4-5-3-1;5-4-2-1-3-6-4/h1-2,5H,3-4H2;1-3H2. The predicted octanol–water partition coefficient (Wildman–Crippen LogP) is 1.19. The molecular weight excluding hydrogens is 158 g/mol. The first-order valence-corrected chi connectivity index (χ1v) is 4.89. The summed E-state index contributed by atoms with van der Waals surface area (Å²) in [4.78, 5) is 10.2. The van der Waals surface area contributed by atoms with Crippen LogP contribution < -0.4 is 5.32 Å². The molecule has 0 saturated carbocycles. The highest BCUT2D eigenvalue weighted by atomic mass is 32.2. The Bertz CT molecular complexity index is 142. The zero-order valence-corrected chi connectivity index (χ0v) is 7.32. The molecule has 0 bridgehead atoms. The van der Waals surface area contributed by atoms with Gasteiger partial charge in [0.1, 0.15) is 0 Å². The second-order valence-corrected chi connectivity index (χ2v) is 3.61. The molecule has 11 heavy (non-hydrogen) atoms. The summed E-state index contributed by atoms with van der Waals surface area (Å²) in [5, 5.41) is 3.48. The number of nitrogens with one attached hydrogen (secondary N) is 1. The fraction of sp³-hybridized carbons (Fsp3) is 0.625. The van der Waals surface area contributed by atoms with E-state index in [1.807, 2.05) is 0 Å². The van der Waals surface area contributed by atoms with Gasteiger partial charge in [0.15, 0.2) is 5.12 Å². The number of hydrogen-bond acceptors (Lipinski definition) is 3. The molecule has 0 aliphatic carbocycles. The van der Waals surface area contributed by atoms with Crippen molar-refractivity contribution in [3.05, 3.63) is 12.2 Å². The van der Waals surface area contributed by atoms with Crippen LogP contribution in [-0.2, 0) is 4.79 Å². The summed E-state index contributed by atoms with van der Waals surface area (Å²) >= 11 is 1.46. The first-order chi connectivity index (χ1) is 5.39. The molecule has 0 radical (unpaired) electrons. The van der Waals surface area contributed by atoms with E-state index in [0.29, 0.717) is 5.12 Å². The fourth-order valence-corrected chi connectivity index (χ4v) is 1.70. The maximum absolute atomic E-state index is 10.2. The fourth-order valence-electron chi connectivity index (χ4n) is 0.891. The third-order valence-electron chi connectivity index (χ3n) is 1.48. The van der Waals surface area contributed by atoms with Crippen molar-refractivity contribution in [3.63, 3.8) is 0 Å². The first kappa shape index (κ1) is 8.81. The number of hydrogen-bond donors (Lipinski definition) is 1. The molecule has 3 heteroatoms. The van der Waals surface area contributed by atoms with E-state index in [1.54, 1.807) is 0 Å². The molecule has 2 nitrogen and oxygen atoms in total. The number of carbonyl (C=O) groups excluding carboxylic acids is 1. The summed E-state index contributed by atoms with van der Waals surface area (Å²) in [6.45, 7) is 2.14. The van der Waals surface area contributed by atoms with E-state index in [1.165, 1.54) is 11.8 Å². The first-order valence-electron chi connectivity index (χ1n) is 3.91. The van der Waals surface area contributed by atoms with Gasteiger partial charge in [-0.2, -0.15) is 0 Å². The Morgan fingerprint density at radius 2 is 2.09 bits per heavy atom. The van der Waals surface area contributed by atoms with Gasteiger partial charge < -0.3 is 5.32 Å². The van der Waals surface area contributed by atoms with Crippen LogP contribution in [0.1, 0.15) is 12.8 Å². The minimum atomic E-state index is 0.370. The summed E-state index contributed by atoms with van der Waals surface area (Å²) in [7, 11) is 0. The molecule has 0 aromatic heterocycles. The lowest BCUT2D eigenvalue weighted by atomic mass is 10.4. The SMILES string of the molecule is C1=CCNC1.O=C1CCCS1. The van der Waals surface area contributed by atoms with Gasteiger partial charge in [0, 0.05) is 25.3 Å². The number of rotatable bonds is 0. The molecular formula is C8H13NOS. The molecule has 0 spiro atoms. The van der Waals surface area contributed by atoms with Crippen LogP contribution >= 0.6 is 11.8 Å². The van der Waals surface area contributed by atoms with E-state index in [2.05, 4.69) is 17.5 Å². The quantitative estimate of drug-likeness (QED) is 0.555. The van der Waals surface area contributed by atoms with Crippen molar-refractivity contribution >= 4 is 16.9 Å². The van der Waals surface area contributed by atoms with Crippen molar-refractivity contribution < 1.29 is 4.79 Å². The average molecular weight is 171 g/mol. The molecule has 2 rings (SSSR count). The number of carbonyl (C=O) groups is 1. The van der Waals surface area contributed by atoms with Gasteiger partial charge in [-0.05, 0) is 6.42 Å². The Balaban J connectivity index is 0.000000112. The smallest absolute Gasteiger partial charge is 0.188 e. The van der Waals surface area contributed by atoms with Crippen LogP contribution in [0, 0.1) is 0 Å². The van der Waals surface area contributed by atoms with Crippen molar-refractivity contribution in [3.8, 4) is 0 Å².